The zero-order chi connectivity index (χ0) is 16.0. The van der Waals surface area contributed by atoms with Crippen molar-refractivity contribution in [2.75, 3.05) is 0 Å². The predicted molar refractivity (Wildman–Crippen MR) is 74.6 cm³/mol. The van der Waals surface area contributed by atoms with Crippen LogP contribution in [-0.4, -0.2) is 25.8 Å². The minimum absolute atomic E-state index is 0.0186. The maximum Gasteiger partial charge on any atom is 0.341 e. The molecule has 0 bridgehead atoms. The fourth-order valence-electron chi connectivity index (χ4n) is 2.01. The van der Waals surface area contributed by atoms with Crippen LogP contribution in [0.2, 0.25) is 0 Å². The minimum atomic E-state index is -1.47. The van der Waals surface area contributed by atoms with E-state index in [-0.39, 0.29) is 16.0 Å². The largest absolute Gasteiger partial charge is 0.477 e. The van der Waals surface area contributed by atoms with Crippen molar-refractivity contribution in [1.82, 2.24) is 14.8 Å². The first-order valence-electron chi connectivity index (χ1n) is 5.96. The normalized spacial score (nSPS) is 11.0. The lowest BCUT2D eigenvalue weighted by Crippen LogP contribution is -2.18. The highest BCUT2D eigenvalue weighted by Crippen LogP contribution is 2.22. The Labute approximate surface area is 125 Å². The monoisotopic (exact) mass is 323 g/mol. The van der Waals surface area contributed by atoms with Gasteiger partial charge in [0.1, 0.15) is 10.6 Å². The number of pyridine rings is 1. The molecule has 112 valence electrons. The van der Waals surface area contributed by atoms with Crippen LogP contribution in [0.5, 0.6) is 0 Å². The van der Waals surface area contributed by atoms with Gasteiger partial charge in [-0.05, 0) is 13.0 Å². The summed E-state index contributed by atoms with van der Waals surface area (Å²) in [4.78, 5) is 23.3. The van der Waals surface area contributed by atoms with Crippen molar-refractivity contribution in [3.8, 4) is 5.13 Å². The molecule has 0 aliphatic heterocycles. The SMILES string of the molecule is Cc1nnc(-n2cc(C(=O)O)c(=O)c3cc(F)c(F)cc32)s1. The Morgan fingerprint density at radius 1 is 1.27 bits per heavy atom. The van der Waals surface area contributed by atoms with Crippen LogP contribution in [0, 0.1) is 18.6 Å². The average molecular weight is 323 g/mol. The second-order valence-corrected chi connectivity index (χ2v) is 5.59. The van der Waals surface area contributed by atoms with Gasteiger partial charge >= 0.3 is 5.97 Å². The molecule has 2 aromatic heterocycles. The number of halogens is 2. The molecule has 0 amide bonds. The maximum atomic E-state index is 13.5. The van der Waals surface area contributed by atoms with Crippen molar-refractivity contribution in [3.63, 3.8) is 0 Å². The Balaban J connectivity index is 2.49. The Morgan fingerprint density at radius 3 is 2.55 bits per heavy atom. The number of benzene rings is 1. The summed E-state index contributed by atoms with van der Waals surface area (Å²) < 4.78 is 28.1. The van der Waals surface area contributed by atoms with E-state index in [1.165, 1.54) is 4.57 Å². The summed E-state index contributed by atoms with van der Waals surface area (Å²) in [5.41, 5.74) is -1.43. The Kier molecular flexibility index (Phi) is 3.21. The number of hydrogen-bond acceptors (Lipinski definition) is 5. The van der Waals surface area contributed by atoms with E-state index in [9.17, 15) is 18.4 Å². The molecule has 1 N–H and O–H groups in total. The van der Waals surface area contributed by atoms with Crippen molar-refractivity contribution in [2.24, 2.45) is 0 Å². The van der Waals surface area contributed by atoms with Crippen LogP contribution in [-0.2, 0) is 0 Å². The van der Waals surface area contributed by atoms with Gasteiger partial charge in [-0.25, -0.2) is 13.6 Å². The van der Waals surface area contributed by atoms with E-state index < -0.39 is 28.6 Å². The van der Waals surface area contributed by atoms with Gasteiger partial charge in [0.25, 0.3) is 0 Å². The first-order valence-corrected chi connectivity index (χ1v) is 6.78. The molecule has 0 atom stereocenters. The zero-order valence-electron chi connectivity index (χ0n) is 11.0. The standard InChI is InChI=1S/C13H7F2N3O3S/c1-5-16-17-13(22-5)18-4-7(12(20)21)11(19)6-2-8(14)9(15)3-10(6)18/h2-4H,1H3,(H,20,21). The third-order valence-electron chi connectivity index (χ3n) is 3.00. The molecule has 0 saturated carbocycles. The molecule has 0 aliphatic carbocycles. The van der Waals surface area contributed by atoms with Gasteiger partial charge in [-0.3, -0.25) is 9.36 Å². The summed E-state index contributed by atoms with van der Waals surface area (Å²) in [7, 11) is 0. The maximum absolute atomic E-state index is 13.5. The molecule has 0 unspecified atom stereocenters. The fraction of sp³-hybridized carbons (Fsp3) is 0.0769. The van der Waals surface area contributed by atoms with Gasteiger partial charge in [0, 0.05) is 12.3 Å². The number of rotatable bonds is 2. The zero-order valence-corrected chi connectivity index (χ0v) is 11.8. The first-order chi connectivity index (χ1) is 10.4. The summed E-state index contributed by atoms with van der Waals surface area (Å²) in [5.74, 6) is -3.84. The van der Waals surface area contributed by atoms with Crippen molar-refractivity contribution in [1.29, 1.82) is 0 Å². The molecule has 3 aromatic rings. The van der Waals surface area contributed by atoms with Gasteiger partial charge in [0.05, 0.1) is 10.9 Å². The molecule has 0 fully saturated rings. The number of carboxylic acid groups (broad SMARTS) is 1. The van der Waals surface area contributed by atoms with Crippen LogP contribution in [0.25, 0.3) is 16.0 Å². The van der Waals surface area contributed by atoms with Crippen molar-refractivity contribution < 1.29 is 18.7 Å². The number of aromatic carboxylic acids is 1. The number of carboxylic acids is 1. The molecular weight excluding hydrogens is 316 g/mol. The summed E-state index contributed by atoms with van der Waals surface area (Å²) >= 11 is 1.12. The van der Waals surface area contributed by atoms with Crippen LogP contribution in [0.3, 0.4) is 0 Å². The van der Waals surface area contributed by atoms with Gasteiger partial charge in [0.15, 0.2) is 11.6 Å². The Bertz CT molecular complexity index is 981. The Hall–Kier alpha value is -2.68. The molecule has 0 spiro atoms. The van der Waals surface area contributed by atoms with E-state index in [4.69, 9.17) is 5.11 Å². The quantitative estimate of drug-likeness (QED) is 0.781. The molecule has 6 nitrogen and oxygen atoms in total. The second kappa shape index (κ2) is 4.95. The second-order valence-electron chi connectivity index (χ2n) is 4.43. The van der Waals surface area contributed by atoms with Crippen LogP contribution < -0.4 is 5.43 Å². The molecule has 9 heteroatoms. The van der Waals surface area contributed by atoms with E-state index in [0.29, 0.717) is 11.1 Å². The third kappa shape index (κ3) is 2.15. The highest BCUT2D eigenvalue weighted by Gasteiger charge is 2.19. The number of carbonyl (C=O) groups is 1. The average Bonchev–Trinajstić information content (AvgIpc) is 2.87. The lowest BCUT2D eigenvalue weighted by Gasteiger charge is -2.09. The van der Waals surface area contributed by atoms with E-state index in [1.54, 1.807) is 6.92 Å². The van der Waals surface area contributed by atoms with Crippen LogP contribution in [0.1, 0.15) is 15.4 Å². The number of fused-ring (bicyclic) bond motifs is 1. The molecular formula is C13H7F2N3O3S. The lowest BCUT2D eigenvalue weighted by atomic mass is 10.1. The van der Waals surface area contributed by atoms with Crippen LogP contribution in [0.15, 0.2) is 23.1 Å². The first kappa shape index (κ1) is 14.3. The Morgan fingerprint density at radius 2 is 1.95 bits per heavy atom. The summed E-state index contributed by atoms with van der Waals surface area (Å²) in [6.07, 6.45) is 1.03. The van der Waals surface area contributed by atoms with E-state index >= 15 is 0 Å². The molecule has 1 aromatic carbocycles. The summed E-state index contributed by atoms with van der Waals surface area (Å²) in [5, 5.41) is 17.3. The van der Waals surface area contributed by atoms with Gasteiger partial charge in [-0.1, -0.05) is 11.3 Å². The molecule has 0 saturated heterocycles. The number of nitrogens with zero attached hydrogens (tertiary/aromatic N) is 3. The highest BCUT2D eigenvalue weighted by molar-refractivity contribution is 7.13. The van der Waals surface area contributed by atoms with Gasteiger partial charge in [-0.15, -0.1) is 10.2 Å². The molecule has 22 heavy (non-hydrogen) atoms. The van der Waals surface area contributed by atoms with Gasteiger partial charge in [-0.2, -0.15) is 0 Å². The third-order valence-corrected chi connectivity index (χ3v) is 3.84. The minimum Gasteiger partial charge on any atom is -0.477 e. The van der Waals surface area contributed by atoms with E-state index in [1.807, 2.05) is 0 Å². The van der Waals surface area contributed by atoms with Gasteiger partial charge < -0.3 is 5.11 Å². The number of aryl methyl sites for hydroxylation is 1. The highest BCUT2D eigenvalue weighted by atomic mass is 32.1. The van der Waals surface area contributed by atoms with Crippen molar-refractivity contribution >= 4 is 28.2 Å². The molecule has 3 rings (SSSR count). The van der Waals surface area contributed by atoms with E-state index in [0.717, 1.165) is 23.6 Å². The molecule has 0 radical (unpaired) electrons. The van der Waals surface area contributed by atoms with Crippen LogP contribution in [0.4, 0.5) is 8.78 Å². The van der Waals surface area contributed by atoms with Crippen LogP contribution >= 0.6 is 11.3 Å². The topological polar surface area (TPSA) is 85.1 Å². The van der Waals surface area contributed by atoms with Crippen molar-refractivity contribution in [3.05, 3.63) is 50.8 Å². The smallest absolute Gasteiger partial charge is 0.341 e. The fourth-order valence-corrected chi connectivity index (χ4v) is 2.69. The molecule has 2 heterocycles. The lowest BCUT2D eigenvalue weighted by molar-refractivity contribution is 0.0695. The summed E-state index contributed by atoms with van der Waals surface area (Å²) in [6, 6.07) is 1.51. The predicted octanol–water partition coefficient (Wildman–Crippen LogP) is 2.13. The molecule has 0 aliphatic rings. The van der Waals surface area contributed by atoms with Crippen molar-refractivity contribution in [2.45, 2.75) is 6.92 Å². The summed E-state index contributed by atoms with van der Waals surface area (Å²) in [6.45, 7) is 1.68. The van der Waals surface area contributed by atoms with Gasteiger partial charge in [0.2, 0.25) is 10.6 Å². The number of hydrogen-bond donors (Lipinski definition) is 1. The van der Waals surface area contributed by atoms with E-state index in [2.05, 4.69) is 10.2 Å². The number of aromatic nitrogens is 3.